The Kier molecular flexibility index (Phi) is 7.43. The monoisotopic (exact) mass is 295 g/mol. The molecule has 1 amide bonds. The number of benzene rings is 1. The van der Waals surface area contributed by atoms with Crippen LogP contribution >= 0.6 is 0 Å². The van der Waals surface area contributed by atoms with Crippen LogP contribution in [0.5, 0.6) is 0 Å². The van der Waals surface area contributed by atoms with Crippen molar-refractivity contribution in [2.45, 2.75) is 33.1 Å². The first-order chi connectivity index (χ1) is 9.99. The van der Waals surface area contributed by atoms with E-state index in [4.69, 9.17) is 4.74 Å². The van der Waals surface area contributed by atoms with Gasteiger partial charge in [0.2, 0.25) is 5.91 Å². The van der Waals surface area contributed by atoms with E-state index in [-0.39, 0.29) is 30.5 Å². The highest BCUT2D eigenvalue weighted by molar-refractivity contribution is 5.78. The van der Waals surface area contributed by atoms with Crippen LogP contribution in [0.25, 0.3) is 0 Å². The molecule has 0 unspecified atom stereocenters. The maximum absolute atomic E-state index is 13.4. The van der Waals surface area contributed by atoms with Crippen LogP contribution in [0.15, 0.2) is 24.3 Å². The highest BCUT2D eigenvalue weighted by Gasteiger charge is 2.08. The lowest BCUT2D eigenvalue weighted by atomic mass is 10.1. The Balaban J connectivity index is 2.17. The van der Waals surface area contributed by atoms with Gasteiger partial charge in [0.15, 0.2) is 0 Å². The smallest absolute Gasteiger partial charge is 0.305 e. The van der Waals surface area contributed by atoms with Crippen molar-refractivity contribution in [1.29, 1.82) is 0 Å². The van der Waals surface area contributed by atoms with Crippen molar-refractivity contribution < 1.29 is 18.7 Å². The number of amides is 1. The van der Waals surface area contributed by atoms with Crippen LogP contribution in [-0.2, 0) is 20.7 Å². The second kappa shape index (κ2) is 9.10. The summed E-state index contributed by atoms with van der Waals surface area (Å²) in [6.45, 7) is 4.73. The van der Waals surface area contributed by atoms with E-state index >= 15 is 0 Å². The third kappa shape index (κ3) is 7.44. The minimum atomic E-state index is -0.384. The van der Waals surface area contributed by atoms with Crippen LogP contribution in [-0.4, -0.2) is 25.0 Å². The van der Waals surface area contributed by atoms with E-state index in [0.717, 1.165) is 0 Å². The Bertz CT molecular complexity index is 474. The standard InChI is InChI=1S/C16H22FNO3/c1-12(2)11-21-16(20)8-5-9-18-15(19)10-13-6-3-4-7-14(13)17/h3-4,6-7,12H,5,8-11H2,1-2H3,(H,18,19). The van der Waals surface area contributed by atoms with Crippen molar-refractivity contribution in [2.24, 2.45) is 5.92 Å². The summed E-state index contributed by atoms with van der Waals surface area (Å²) in [6.07, 6.45) is 0.789. The van der Waals surface area contributed by atoms with E-state index in [1.54, 1.807) is 18.2 Å². The second-order valence-electron chi connectivity index (χ2n) is 5.30. The molecule has 21 heavy (non-hydrogen) atoms. The summed E-state index contributed by atoms with van der Waals surface area (Å²) in [6, 6.07) is 6.18. The molecule has 1 rings (SSSR count). The fraction of sp³-hybridized carbons (Fsp3) is 0.500. The molecule has 0 saturated heterocycles. The second-order valence-corrected chi connectivity index (χ2v) is 5.30. The molecule has 0 fully saturated rings. The quantitative estimate of drug-likeness (QED) is 0.592. The van der Waals surface area contributed by atoms with Gasteiger partial charge in [0.25, 0.3) is 0 Å². The van der Waals surface area contributed by atoms with Crippen molar-refractivity contribution >= 4 is 11.9 Å². The number of hydrogen-bond donors (Lipinski definition) is 1. The number of carbonyl (C=O) groups excluding carboxylic acids is 2. The van der Waals surface area contributed by atoms with Crippen LogP contribution in [0.3, 0.4) is 0 Å². The summed E-state index contributed by atoms with van der Waals surface area (Å²) in [5, 5.41) is 2.67. The third-order valence-corrected chi connectivity index (χ3v) is 2.77. The first kappa shape index (κ1) is 17.1. The third-order valence-electron chi connectivity index (χ3n) is 2.77. The fourth-order valence-electron chi connectivity index (χ4n) is 1.67. The van der Waals surface area contributed by atoms with Crippen molar-refractivity contribution in [3.63, 3.8) is 0 Å². The van der Waals surface area contributed by atoms with E-state index in [1.807, 2.05) is 13.8 Å². The Morgan fingerprint density at radius 3 is 2.67 bits per heavy atom. The lowest BCUT2D eigenvalue weighted by Gasteiger charge is -2.08. The lowest BCUT2D eigenvalue weighted by Crippen LogP contribution is -2.27. The van der Waals surface area contributed by atoms with Crippen LogP contribution in [0.2, 0.25) is 0 Å². The first-order valence-electron chi connectivity index (χ1n) is 7.14. The molecule has 116 valence electrons. The Labute approximate surface area is 124 Å². The Morgan fingerprint density at radius 2 is 2.00 bits per heavy atom. The molecular formula is C16H22FNO3. The van der Waals surface area contributed by atoms with Gasteiger partial charge in [0, 0.05) is 13.0 Å². The lowest BCUT2D eigenvalue weighted by molar-refractivity contribution is -0.144. The molecule has 1 aromatic rings. The van der Waals surface area contributed by atoms with E-state index in [1.165, 1.54) is 6.07 Å². The SMILES string of the molecule is CC(C)COC(=O)CCCNC(=O)Cc1ccccc1F. The van der Waals surface area contributed by atoms with Crippen molar-refractivity contribution in [3.05, 3.63) is 35.6 Å². The van der Waals surface area contributed by atoms with Crippen molar-refractivity contribution in [2.75, 3.05) is 13.2 Å². The summed E-state index contributed by atoms with van der Waals surface area (Å²) < 4.78 is 18.4. The van der Waals surface area contributed by atoms with Crippen LogP contribution < -0.4 is 5.32 Å². The van der Waals surface area contributed by atoms with Gasteiger partial charge in [-0.2, -0.15) is 0 Å². The van der Waals surface area contributed by atoms with Gasteiger partial charge < -0.3 is 10.1 Å². The molecule has 0 aliphatic heterocycles. The number of nitrogens with one attached hydrogen (secondary N) is 1. The van der Waals surface area contributed by atoms with Crippen LogP contribution in [0.1, 0.15) is 32.3 Å². The van der Waals surface area contributed by atoms with Gasteiger partial charge in [0.05, 0.1) is 13.0 Å². The molecule has 0 heterocycles. The summed E-state index contributed by atoms with van der Waals surface area (Å²) in [5.74, 6) is -0.581. The topological polar surface area (TPSA) is 55.4 Å². The van der Waals surface area contributed by atoms with Crippen LogP contribution in [0.4, 0.5) is 4.39 Å². The Hall–Kier alpha value is -1.91. The molecule has 4 nitrogen and oxygen atoms in total. The molecular weight excluding hydrogens is 273 g/mol. The minimum Gasteiger partial charge on any atom is -0.465 e. The largest absolute Gasteiger partial charge is 0.465 e. The highest BCUT2D eigenvalue weighted by atomic mass is 19.1. The predicted molar refractivity (Wildman–Crippen MR) is 78.1 cm³/mol. The van der Waals surface area contributed by atoms with Gasteiger partial charge >= 0.3 is 5.97 Å². The predicted octanol–water partition coefficient (Wildman–Crippen LogP) is 2.46. The average molecular weight is 295 g/mol. The molecule has 5 heteroatoms. The van der Waals surface area contributed by atoms with Gasteiger partial charge in [-0.3, -0.25) is 9.59 Å². The minimum absolute atomic E-state index is 0.00443. The summed E-state index contributed by atoms with van der Waals surface area (Å²) in [7, 11) is 0. The molecule has 0 spiro atoms. The number of hydrogen-bond acceptors (Lipinski definition) is 3. The number of carbonyl (C=O) groups is 2. The molecule has 0 radical (unpaired) electrons. The molecule has 0 aliphatic rings. The van der Waals surface area contributed by atoms with E-state index < -0.39 is 0 Å². The molecule has 1 aromatic carbocycles. The molecule has 1 N–H and O–H groups in total. The fourth-order valence-corrected chi connectivity index (χ4v) is 1.67. The van der Waals surface area contributed by atoms with Gasteiger partial charge in [-0.25, -0.2) is 4.39 Å². The zero-order valence-corrected chi connectivity index (χ0v) is 12.5. The summed E-state index contributed by atoms with van der Waals surface area (Å²) in [4.78, 5) is 23.0. The van der Waals surface area contributed by atoms with Gasteiger partial charge in [-0.1, -0.05) is 32.0 Å². The molecule has 0 aromatic heterocycles. The number of ether oxygens (including phenoxy) is 1. The number of esters is 1. The van der Waals surface area contributed by atoms with Gasteiger partial charge in [-0.15, -0.1) is 0 Å². The first-order valence-corrected chi connectivity index (χ1v) is 7.14. The Morgan fingerprint density at radius 1 is 1.29 bits per heavy atom. The van der Waals surface area contributed by atoms with Crippen molar-refractivity contribution in [1.82, 2.24) is 5.32 Å². The normalized spacial score (nSPS) is 10.5. The zero-order valence-electron chi connectivity index (χ0n) is 12.5. The van der Waals surface area contributed by atoms with Crippen LogP contribution in [0, 0.1) is 11.7 Å². The average Bonchev–Trinajstić information content (AvgIpc) is 2.44. The molecule has 0 bridgehead atoms. The van der Waals surface area contributed by atoms with E-state index in [2.05, 4.69) is 5.32 Å². The van der Waals surface area contributed by atoms with Gasteiger partial charge in [0.1, 0.15) is 5.82 Å². The number of halogens is 1. The van der Waals surface area contributed by atoms with Gasteiger partial charge in [-0.05, 0) is 24.0 Å². The maximum Gasteiger partial charge on any atom is 0.305 e. The number of rotatable bonds is 8. The molecule has 0 atom stereocenters. The summed E-state index contributed by atoms with van der Waals surface area (Å²) >= 11 is 0. The maximum atomic E-state index is 13.4. The molecule has 0 aliphatic carbocycles. The van der Waals surface area contributed by atoms with E-state index in [9.17, 15) is 14.0 Å². The van der Waals surface area contributed by atoms with Crippen molar-refractivity contribution in [3.8, 4) is 0 Å². The molecule has 0 saturated carbocycles. The summed E-state index contributed by atoms with van der Waals surface area (Å²) in [5.41, 5.74) is 0.367. The highest BCUT2D eigenvalue weighted by Crippen LogP contribution is 2.06. The van der Waals surface area contributed by atoms with E-state index in [0.29, 0.717) is 31.1 Å². The zero-order chi connectivity index (χ0) is 15.7.